The first-order valence-corrected chi connectivity index (χ1v) is 5.47. The van der Waals surface area contributed by atoms with Crippen molar-refractivity contribution >= 4 is 0 Å². The average molecular weight is 201 g/mol. The maximum absolute atomic E-state index is 3.56. The zero-order valence-electron chi connectivity index (χ0n) is 10.6. The van der Waals surface area contributed by atoms with Gasteiger partial charge in [-0.15, -0.1) is 0 Å². The van der Waals surface area contributed by atoms with Crippen molar-refractivity contribution in [1.29, 1.82) is 0 Å². The minimum absolute atomic E-state index is 0.154. The Hall–Kier alpha value is -0.120. The van der Waals surface area contributed by atoms with Gasteiger partial charge < -0.3 is 16.0 Å². The first-order valence-electron chi connectivity index (χ1n) is 5.47. The molecule has 14 heavy (non-hydrogen) atoms. The molecule has 3 nitrogen and oxygen atoms in total. The molecule has 0 atom stereocenters. The van der Waals surface area contributed by atoms with Crippen molar-refractivity contribution in [2.75, 3.05) is 26.7 Å². The molecule has 0 bridgehead atoms. The summed E-state index contributed by atoms with van der Waals surface area (Å²) in [5.41, 5.74) is 0.321. The zero-order chi connectivity index (χ0) is 11.2. The van der Waals surface area contributed by atoms with E-state index >= 15 is 0 Å². The van der Waals surface area contributed by atoms with Gasteiger partial charge in [-0.1, -0.05) is 6.92 Å². The average Bonchev–Trinajstić information content (AvgIpc) is 2.01. The minimum Gasteiger partial charge on any atom is -0.318 e. The SMILES string of the molecule is CCNC(C)(C)CNC(C)(C)CNC. The van der Waals surface area contributed by atoms with Crippen LogP contribution in [0.5, 0.6) is 0 Å². The highest BCUT2D eigenvalue weighted by molar-refractivity contribution is 4.86. The molecule has 0 saturated carbocycles. The number of likely N-dealkylation sites (N-methyl/N-ethyl adjacent to an activating group) is 2. The summed E-state index contributed by atoms with van der Waals surface area (Å²) in [5, 5.41) is 10.2. The zero-order valence-corrected chi connectivity index (χ0v) is 10.6. The van der Waals surface area contributed by atoms with Crippen LogP contribution in [0.25, 0.3) is 0 Å². The Morgan fingerprint density at radius 1 is 0.857 bits per heavy atom. The summed E-state index contributed by atoms with van der Waals surface area (Å²) >= 11 is 0. The van der Waals surface area contributed by atoms with E-state index in [1.54, 1.807) is 0 Å². The summed E-state index contributed by atoms with van der Waals surface area (Å²) in [6.07, 6.45) is 0. The van der Waals surface area contributed by atoms with Crippen molar-refractivity contribution in [3.05, 3.63) is 0 Å². The predicted octanol–water partition coefficient (Wildman–Crippen LogP) is 0.962. The van der Waals surface area contributed by atoms with E-state index in [0.29, 0.717) is 0 Å². The molecule has 0 aliphatic heterocycles. The fourth-order valence-corrected chi connectivity index (χ4v) is 1.51. The van der Waals surface area contributed by atoms with E-state index in [4.69, 9.17) is 0 Å². The van der Waals surface area contributed by atoms with Gasteiger partial charge in [-0.3, -0.25) is 0 Å². The number of hydrogen-bond acceptors (Lipinski definition) is 3. The van der Waals surface area contributed by atoms with E-state index in [1.807, 2.05) is 7.05 Å². The molecule has 0 fully saturated rings. The van der Waals surface area contributed by atoms with Crippen LogP contribution in [-0.4, -0.2) is 37.8 Å². The van der Waals surface area contributed by atoms with Crippen LogP contribution in [0.4, 0.5) is 0 Å². The lowest BCUT2D eigenvalue weighted by atomic mass is 10.0. The smallest absolute Gasteiger partial charge is 0.0250 e. The topological polar surface area (TPSA) is 36.1 Å². The van der Waals surface area contributed by atoms with Gasteiger partial charge in [-0.25, -0.2) is 0 Å². The molecule has 0 radical (unpaired) electrons. The van der Waals surface area contributed by atoms with Crippen LogP contribution >= 0.6 is 0 Å². The second-order valence-electron chi connectivity index (χ2n) is 5.18. The summed E-state index contributed by atoms with van der Waals surface area (Å²) in [6.45, 7) is 14.0. The van der Waals surface area contributed by atoms with Gasteiger partial charge in [0.15, 0.2) is 0 Å². The van der Waals surface area contributed by atoms with E-state index in [-0.39, 0.29) is 11.1 Å². The van der Waals surface area contributed by atoms with Crippen LogP contribution in [0, 0.1) is 0 Å². The van der Waals surface area contributed by atoms with Crippen LogP contribution in [0.3, 0.4) is 0 Å². The molecule has 0 aromatic carbocycles. The molecule has 0 aromatic heterocycles. The second-order valence-corrected chi connectivity index (χ2v) is 5.18. The minimum atomic E-state index is 0.154. The molecule has 0 heterocycles. The Labute approximate surface area is 89.0 Å². The third-order valence-electron chi connectivity index (χ3n) is 2.28. The van der Waals surface area contributed by atoms with Crippen molar-refractivity contribution in [1.82, 2.24) is 16.0 Å². The molecule has 86 valence electrons. The fraction of sp³-hybridized carbons (Fsp3) is 1.00. The fourth-order valence-electron chi connectivity index (χ4n) is 1.51. The van der Waals surface area contributed by atoms with Crippen LogP contribution in [0.15, 0.2) is 0 Å². The molecule has 0 unspecified atom stereocenters. The lowest BCUT2D eigenvalue weighted by Crippen LogP contribution is -2.55. The Morgan fingerprint density at radius 3 is 1.79 bits per heavy atom. The molecule has 3 heteroatoms. The van der Waals surface area contributed by atoms with Gasteiger partial charge in [0.1, 0.15) is 0 Å². The molecule has 0 rings (SSSR count). The van der Waals surface area contributed by atoms with Crippen LogP contribution in [0.2, 0.25) is 0 Å². The van der Waals surface area contributed by atoms with Crippen molar-refractivity contribution < 1.29 is 0 Å². The maximum atomic E-state index is 3.56. The molecule has 0 aromatic rings. The molecule has 3 N–H and O–H groups in total. The largest absolute Gasteiger partial charge is 0.318 e. The standard InChI is InChI=1S/C11H27N3/c1-7-13-11(4,5)9-14-10(2,3)8-12-6/h12-14H,7-9H2,1-6H3. The number of rotatable bonds is 7. The van der Waals surface area contributed by atoms with E-state index in [9.17, 15) is 0 Å². The highest BCUT2D eigenvalue weighted by Gasteiger charge is 2.21. The van der Waals surface area contributed by atoms with E-state index in [1.165, 1.54) is 0 Å². The van der Waals surface area contributed by atoms with Crippen molar-refractivity contribution in [2.45, 2.75) is 45.7 Å². The highest BCUT2D eigenvalue weighted by atomic mass is 15.1. The Balaban J connectivity index is 3.90. The third kappa shape index (κ3) is 6.35. The molecular formula is C11H27N3. The monoisotopic (exact) mass is 201 g/mol. The van der Waals surface area contributed by atoms with E-state index in [0.717, 1.165) is 19.6 Å². The second kappa shape index (κ2) is 5.69. The van der Waals surface area contributed by atoms with Gasteiger partial charge >= 0.3 is 0 Å². The lowest BCUT2D eigenvalue weighted by Gasteiger charge is -2.33. The van der Waals surface area contributed by atoms with Crippen molar-refractivity contribution in [3.63, 3.8) is 0 Å². The first kappa shape index (κ1) is 13.9. The quantitative estimate of drug-likeness (QED) is 0.574. The van der Waals surface area contributed by atoms with E-state index < -0.39 is 0 Å². The molecule has 0 aliphatic rings. The first-order chi connectivity index (χ1) is 6.33. The van der Waals surface area contributed by atoms with E-state index in [2.05, 4.69) is 50.6 Å². The normalized spacial score (nSPS) is 13.3. The van der Waals surface area contributed by atoms with Gasteiger partial charge in [0.2, 0.25) is 0 Å². The molecular weight excluding hydrogens is 174 g/mol. The Bertz CT molecular complexity index is 135. The molecule has 0 aliphatic carbocycles. The maximum Gasteiger partial charge on any atom is 0.0250 e. The summed E-state index contributed by atoms with van der Waals surface area (Å²) < 4.78 is 0. The van der Waals surface area contributed by atoms with Crippen molar-refractivity contribution in [3.8, 4) is 0 Å². The van der Waals surface area contributed by atoms with Crippen molar-refractivity contribution in [2.24, 2.45) is 0 Å². The van der Waals surface area contributed by atoms with Gasteiger partial charge in [0, 0.05) is 24.2 Å². The van der Waals surface area contributed by atoms with Crippen LogP contribution in [0.1, 0.15) is 34.6 Å². The third-order valence-corrected chi connectivity index (χ3v) is 2.28. The molecule has 0 amide bonds. The lowest BCUT2D eigenvalue weighted by molar-refractivity contribution is 0.300. The van der Waals surface area contributed by atoms with Crippen LogP contribution in [-0.2, 0) is 0 Å². The summed E-state index contributed by atoms with van der Waals surface area (Å²) in [5.74, 6) is 0. The summed E-state index contributed by atoms with van der Waals surface area (Å²) in [6, 6.07) is 0. The van der Waals surface area contributed by atoms with Gasteiger partial charge in [0.25, 0.3) is 0 Å². The van der Waals surface area contributed by atoms with Crippen LogP contribution < -0.4 is 16.0 Å². The number of nitrogens with one attached hydrogen (secondary N) is 3. The highest BCUT2D eigenvalue weighted by Crippen LogP contribution is 2.05. The van der Waals surface area contributed by atoms with Gasteiger partial charge in [-0.2, -0.15) is 0 Å². The summed E-state index contributed by atoms with van der Waals surface area (Å²) in [7, 11) is 1.98. The van der Waals surface area contributed by atoms with Gasteiger partial charge in [0.05, 0.1) is 0 Å². The predicted molar refractivity (Wildman–Crippen MR) is 63.8 cm³/mol. The number of hydrogen-bond donors (Lipinski definition) is 3. The molecule has 0 saturated heterocycles. The molecule has 0 spiro atoms. The van der Waals surface area contributed by atoms with Gasteiger partial charge in [-0.05, 0) is 41.3 Å². The Morgan fingerprint density at radius 2 is 1.36 bits per heavy atom. The summed E-state index contributed by atoms with van der Waals surface area (Å²) in [4.78, 5) is 0. The Kier molecular flexibility index (Phi) is 5.64.